The number of anilines is 1. The summed E-state index contributed by atoms with van der Waals surface area (Å²) in [7, 11) is 1.90. The summed E-state index contributed by atoms with van der Waals surface area (Å²) in [4.78, 5) is 0. The standard InChI is InChI=1S/C13H17N3/c1-9(2)11-12(15-16-13(11)14-3)10-7-5-4-6-8-10/h4-9H,1-3H3,(H2,14,15,16). The van der Waals surface area contributed by atoms with Crippen LogP contribution in [0, 0.1) is 0 Å². The van der Waals surface area contributed by atoms with Crippen molar-refractivity contribution in [3.63, 3.8) is 0 Å². The molecule has 0 saturated heterocycles. The number of nitrogens with one attached hydrogen (secondary N) is 2. The van der Waals surface area contributed by atoms with Gasteiger partial charge in [-0.3, -0.25) is 5.10 Å². The average Bonchev–Trinajstić information content (AvgIpc) is 2.73. The fraction of sp³-hybridized carbons (Fsp3) is 0.308. The third-order valence-electron chi connectivity index (χ3n) is 2.68. The minimum Gasteiger partial charge on any atom is -0.371 e. The van der Waals surface area contributed by atoms with Crippen molar-refractivity contribution in [2.45, 2.75) is 19.8 Å². The maximum atomic E-state index is 4.30. The molecule has 0 radical (unpaired) electrons. The van der Waals surface area contributed by atoms with Crippen LogP contribution in [-0.4, -0.2) is 17.2 Å². The topological polar surface area (TPSA) is 40.7 Å². The second kappa shape index (κ2) is 4.39. The van der Waals surface area contributed by atoms with Crippen molar-refractivity contribution in [3.8, 4) is 11.3 Å². The molecule has 2 N–H and O–H groups in total. The highest BCUT2D eigenvalue weighted by Gasteiger charge is 2.16. The lowest BCUT2D eigenvalue weighted by atomic mass is 9.99. The van der Waals surface area contributed by atoms with Crippen molar-refractivity contribution < 1.29 is 0 Å². The second-order valence-electron chi connectivity index (χ2n) is 4.13. The third kappa shape index (κ3) is 1.81. The molecule has 2 rings (SSSR count). The molecule has 1 aromatic carbocycles. The van der Waals surface area contributed by atoms with E-state index in [1.54, 1.807) is 0 Å². The fourth-order valence-electron chi connectivity index (χ4n) is 1.93. The van der Waals surface area contributed by atoms with Gasteiger partial charge in [0, 0.05) is 12.6 Å². The van der Waals surface area contributed by atoms with Crippen LogP contribution in [0.4, 0.5) is 5.82 Å². The van der Waals surface area contributed by atoms with E-state index >= 15 is 0 Å². The van der Waals surface area contributed by atoms with Gasteiger partial charge in [-0.25, -0.2) is 0 Å². The smallest absolute Gasteiger partial charge is 0.151 e. The van der Waals surface area contributed by atoms with E-state index in [9.17, 15) is 0 Å². The number of benzene rings is 1. The Morgan fingerprint density at radius 2 is 1.88 bits per heavy atom. The van der Waals surface area contributed by atoms with E-state index in [-0.39, 0.29) is 0 Å². The van der Waals surface area contributed by atoms with Crippen LogP contribution in [0.25, 0.3) is 11.3 Å². The molecule has 0 atom stereocenters. The van der Waals surface area contributed by atoms with Gasteiger partial charge >= 0.3 is 0 Å². The molecule has 0 spiro atoms. The van der Waals surface area contributed by atoms with E-state index in [1.165, 1.54) is 11.1 Å². The summed E-state index contributed by atoms with van der Waals surface area (Å²) in [6.07, 6.45) is 0. The van der Waals surface area contributed by atoms with Crippen molar-refractivity contribution in [2.75, 3.05) is 12.4 Å². The van der Waals surface area contributed by atoms with Gasteiger partial charge in [-0.1, -0.05) is 44.2 Å². The van der Waals surface area contributed by atoms with E-state index in [2.05, 4.69) is 41.5 Å². The molecule has 0 bridgehead atoms. The van der Waals surface area contributed by atoms with Gasteiger partial charge < -0.3 is 5.32 Å². The van der Waals surface area contributed by atoms with Crippen molar-refractivity contribution >= 4 is 5.82 Å². The molecule has 0 amide bonds. The average molecular weight is 215 g/mol. The third-order valence-corrected chi connectivity index (χ3v) is 2.68. The van der Waals surface area contributed by atoms with Gasteiger partial charge in [0.1, 0.15) is 0 Å². The first kappa shape index (κ1) is 10.7. The fourth-order valence-corrected chi connectivity index (χ4v) is 1.93. The summed E-state index contributed by atoms with van der Waals surface area (Å²) in [6, 6.07) is 10.3. The molecule has 0 aliphatic carbocycles. The number of H-pyrrole nitrogens is 1. The zero-order valence-electron chi connectivity index (χ0n) is 9.91. The number of hydrogen-bond donors (Lipinski definition) is 2. The second-order valence-corrected chi connectivity index (χ2v) is 4.13. The maximum absolute atomic E-state index is 4.30. The molecule has 3 nitrogen and oxygen atoms in total. The lowest BCUT2D eigenvalue weighted by molar-refractivity contribution is 0.871. The molecule has 1 heterocycles. The Bertz CT molecular complexity index is 457. The van der Waals surface area contributed by atoms with E-state index in [4.69, 9.17) is 0 Å². The minimum absolute atomic E-state index is 0.441. The van der Waals surface area contributed by atoms with Gasteiger partial charge in [0.05, 0.1) is 5.69 Å². The Morgan fingerprint density at radius 1 is 1.19 bits per heavy atom. The highest BCUT2D eigenvalue weighted by molar-refractivity contribution is 5.69. The van der Waals surface area contributed by atoms with E-state index in [0.29, 0.717) is 5.92 Å². The molecule has 0 saturated carbocycles. The van der Waals surface area contributed by atoms with Crippen LogP contribution in [0.15, 0.2) is 30.3 Å². The summed E-state index contributed by atoms with van der Waals surface area (Å²) < 4.78 is 0. The first-order chi connectivity index (χ1) is 7.74. The molecule has 16 heavy (non-hydrogen) atoms. The van der Waals surface area contributed by atoms with Gasteiger partial charge in [0.2, 0.25) is 0 Å². The van der Waals surface area contributed by atoms with Gasteiger partial charge in [-0.05, 0) is 11.5 Å². The SMILES string of the molecule is CNc1n[nH]c(-c2ccccc2)c1C(C)C. The number of hydrogen-bond acceptors (Lipinski definition) is 2. The summed E-state index contributed by atoms with van der Waals surface area (Å²) >= 11 is 0. The summed E-state index contributed by atoms with van der Waals surface area (Å²) in [5.41, 5.74) is 3.54. The van der Waals surface area contributed by atoms with Crippen LogP contribution in [-0.2, 0) is 0 Å². The Hall–Kier alpha value is -1.77. The van der Waals surface area contributed by atoms with Crippen molar-refractivity contribution in [1.82, 2.24) is 10.2 Å². The van der Waals surface area contributed by atoms with Crippen LogP contribution in [0.2, 0.25) is 0 Å². The lowest BCUT2D eigenvalue weighted by Gasteiger charge is -2.08. The van der Waals surface area contributed by atoms with Crippen LogP contribution < -0.4 is 5.32 Å². The molecular weight excluding hydrogens is 198 g/mol. The molecule has 2 aromatic rings. The minimum atomic E-state index is 0.441. The predicted octanol–water partition coefficient (Wildman–Crippen LogP) is 3.24. The highest BCUT2D eigenvalue weighted by atomic mass is 15.2. The first-order valence-electron chi connectivity index (χ1n) is 5.55. The number of aromatic nitrogens is 2. The number of rotatable bonds is 3. The highest BCUT2D eigenvalue weighted by Crippen LogP contribution is 2.32. The van der Waals surface area contributed by atoms with Gasteiger partial charge in [0.25, 0.3) is 0 Å². The van der Waals surface area contributed by atoms with E-state index in [0.717, 1.165) is 11.5 Å². The molecule has 84 valence electrons. The Morgan fingerprint density at radius 3 is 2.44 bits per heavy atom. The van der Waals surface area contributed by atoms with Crippen LogP contribution in [0.5, 0.6) is 0 Å². The molecule has 0 unspecified atom stereocenters. The van der Waals surface area contributed by atoms with Crippen molar-refractivity contribution in [1.29, 1.82) is 0 Å². The predicted molar refractivity (Wildman–Crippen MR) is 67.7 cm³/mol. The molecule has 0 aliphatic heterocycles. The molecule has 0 fully saturated rings. The Kier molecular flexibility index (Phi) is 2.95. The van der Waals surface area contributed by atoms with Crippen molar-refractivity contribution in [3.05, 3.63) is 35.9 Å². The summed E-state index contributed by atoms with van der Waals surface area (Å²) in [5.74, 6) is 1.38. The number of aromatic amines is 1. The molecule has 3 heteroatoms. The molecule has 0 aliphatic rings. The summed E-state index contributed by atoms with van der Waals surface area (Å²) in [5, 5.41) is 10.5. The van der Waals surface area contributed by atoms with E-state index < -0.39 is 0 Å². The normalized spacial score (nSPS) is 10.8. The van der Waals surface area contributed by atoms with Gasteiger partial charge in [0.15, 0.2) is 5.82 Å². The Labute approximate surface area is 95.9 Å². The van der Waals surface area contributed by atoms with Crippen LogP contribution in [0.3, 0.4) is 0 Å². The monoisotopic (exact) mass is 215 g/mol. The largest absolute Gasteiger partial charge is 0.371 e. The quantitative estimate of drug-likeness (QED) is 0.825. The summed E-state index contributed by atoms with van der Waals surface area (Å²) in [6.45, 7) is 4.36. The maximum Gasteiger partial charge on any atom is 0.151 e. The van der Waals surface area contributed by atoms with Gasteiger partial charge in [-0.15, -0.1) is 0 Å². The van der Waals surface area contributed by atoms with Gasteiger partial charge in [-0.2, -0.15) is 5.10 Å². The van der Waals surface area contributed by atoms with Crippen LogP contribution in [0.1, 0.15) is 25.3 Å². The zero-order valence-corrected chi connectivity index (χ0v) is 9.91. The Balaban J connectivity index is 2.53. The van der Waals surface area contributed by atoms with Crippen LogP contribution >= 0.6 is 0 Å². The van der Waals surface area contributed by atoms with Crippen molar-refractivity contribution in [2.24, 2.45) is 0 Å². The first-order valence-corrected chi connectivity index (χ1v) is 5.55. The zero-order chi connectivity index (χ0) is 11.5. The number of nitrogens with zero attached hydrogens (tertiary/aromatic N) is 1. The molecular formula is C13H17N3. The van der Waals surface area contributed by atoms with E-state index in [1.807, 2.05) is 25.2 Å². The molecule has 1 aromatic heterocycles. The lowest BCUT2D eigenvalue weighted by Crippen LogP contribution is -1.96.